The lowest BCUT2D eigenvalue weighted by atomic mass is 9.99. The lowest BCUT2D eigenvalue weighted by molar-refractivity contribution is 0.0682. The Kier molecular flexibility index (Phi) is 3.12. The van der Waals surface area contributed by atoms with Gasteiger partial charge in [0.1, 0.15) is 5.69 Å². The second-order valence-electron chi connectivity index (χ2n) is 4.32. The molecule has 2 rings (SSSR count). The molecule has 0 amide bonds. The van der Waals surface area contributed by atoms with Crippen molar-refractivity contribution in [1.82, 2.24) is 4.98 Å². The maximum atomic E-state index is 11.1. The van der Waals surface area contributed by atoms with Crippen LogP contribution in [0.3, 0.4) is 0 Å². The Labute approximate surface area is 109 Å². The number of carbonyl (C=O) groups is 2. The first-order valence-electron chi connectivity index (χ1n) is 5.68. The summed E-state index contributed by atoms with van der Waals surface area (Å²) in [6.45, 7) is 3.47. The number of aromatic carboxylic acids is 2. The van der Waals surface area contributed by atoms with E-state index in [-0.39, 0.29) is 11.3 Å². The molecule has 0 aliphatic carbocycles. The number of aryl methyl sites for hydroxylation is 1. The van der Waals surface area contributed by atoms with Gasteiger partial charge in [-0.05, 0) is 37.1 Å². The number of aromatic nitrogens is 1. The van der Waals surface area contributed by atoms with Crippen molar-refractivity contribution in [1.29, 1.82) is 0 Å². The molecule has 0 aliphatic heterocycles. The molecule has 98 valence electrons. The fourth-order valence-electron chi connectivity index (χ4n) is 2.20. The molecule has 0 unspecified atom stereocenters. The van der Waals surface area contributed by atoms with Gasteiger partial charge in [0.15, 0.2) is 0 Å². The molecule has 0 spiro atoms. The summed E-state index contributed by atoms with van der Waals surface area (Å²) in [5.74, 6) is -2.03. The van der Waals surface area contributed by atoms with Crippen LogP contribution >= 0.6 is 0 Å². The van der Waals surface area contributed by atoms with Crippen LogP contribution in [-0.4, -0.2) is 27.1 Å². The minimum absolute atomic E-state index is 0.133. The molecule has 0 saturated heterocycles. The number of hydrogen-bond donors (Lipinski definition) is 3. The van der Waals surface area contributed by atoms with Crippen molar-refractivity contribution in [2.45, 2.75) is 13.8 Å². The SMILES string of the molecule is Cc1[nH]c(C(=O)O)c(C)c1-c1cccc(C(=O)O)c1. The topological polar surface area (TPSA) is 90.4 Å². The first-order chi connectivity index (χ1) is 8.91. The Morgan fingerprint density at radius 1 is 1.11 bits per heavy atom. The van der Waals surface area contributed by atoms with Crippen LogP contribution in [0, 0.1) is 13.8 Å². The normalized spacial score (nSPS) is 10.4. The number of benzene rings is 1. The highest BCUT2D eigenvalue weighted by Crippen LogP contribution is 2.30. The van der Waals surface area contributed by atoms with Crippen LogP contribution in [0.5, 0.6) is 0 Å². The number of hydrogen-bond acceptors (Lipinski definition) is 2. The molecule has 0 radical (unpaired) electrons. The van der Waals surface area contributed by atoms with Crippen molar-refractivity contribution in [2.75, 3.05) is 0 Å². The number of aromatic amines is 1. The summed E-state index contributed by atoms with van der Waals surface area (Å²) in [5.41, 5.74) is 3.05. The molecule has 0 saturated carbocycles. The number of rotatable bonds is 3. The number of nitrogens with one attached hydrogen (secondary N) is 1. The third-order valence-electron chi connectivity index (χ3n) is 3.05. The minimum atomic E-state index is -1.03. The highest BCUT2D eigenvalue weighted by atomic mass is 16.4. The van der Waals surface area contributed by atoms with Gasteiger partial charge in [0.25, 0.3) is 0 Å². The Hall–Kier alpha value is -2.56. The molecule has 0 atom stereocenters. The van der Waals surface area contributed by atoms with E-state index in [4.69, 9.17) is 10.2 Å². The summed E-state index contributed by atoms with van der Waals surface area (Å²) in [7, 11) is 0. The van der Waals surface area contributed by atoms with E-state index in [9.17, 15) is 9.59 Å². The lowest BCUT2D eigenvalue weighted by Gasteiger charge is -2.04. The molecule has 19 heavy (non-hydrogen) atoms. The minimum Gasteiger partial charge on any atom is -0.478 e. The van der Waals surface area contributed by atoms with Crippen LogP contribution in [0.1, 0.15) is 32.1 Å². The second kappa shape index (κ2) is 4.61. The van der Waals surface area contributed by atoms with Gasteiger partial charge >= 0.3 is 11.9 Å². The Morgan fingerprint density at radius 3 is 2.32 bits per heavy atom. The summed E-state index contributed by atoms with van der Waals surface area (Å²) in [6.07, 6.45) is 0. The van der Waals surface area contributed by atoms with Crippen LogP contribution in [-0.2, 0) is 0 Å². The predicted molar refractivity (Wildman–Crippen MR) is 69.6 cm³/mol. The summed E-state index contributed by atoms with van der Waals surface area (Å²) >= 11 is 0. The molecule has 1 aromatic heterocycles. The smallest absolute Gasteiger partial charge is 0.352 e. The molecular formula is C14H13NO4. The number of carboxylic acid groups (broad SMARTS) is 2. The molecule has 1 aromatic carbocycles. The van der Waals surface area contributed by atoms with Gasteiger partial charge in [0.05, 0.1) is 5.56 Å². The van der Waals surface area contributed by atoms with Gasteiger partial charge in [-0.3, -0.25) is 0 Å². The largest absolute Gasteiger partial charge is 0.478 e. The molecule has 0 fully saturated rings. The van der Waals surface area contributed by atoms with E-state index in [0.29, 0.717) is 16.8 Å². The Balaban J connectivity index is 2.62. The monoisotopic (exact) mass is 259 g/mol. The van der Waals surface area contributed by atoms with Crippen LogP contribution in [0.25, 0.3) is 11.1 Å². The molecule has 0 aliphatic rings. The zero-order valence-electron chi connectivity index (χ0n) is 10.5. The lowest BCUT2D eigenvalue weighted by Crippen LogP contribution is -1.99. The van der Waals surface area contributed by atoms with Gasteiger partial charge in [-0.25, -0.2) is 9.59 Å². The fraction of sp³-hybridized carbons (Fsp3) is 0.143. The van der Waals surface area contributed by atoms with Crippen LogP contribution in [0.2, 0.25) is 0 Å². The van der Waals surface area contributed by atoms with E-state index >= 15 is 0 Å². The van der Waals surface area contributed by atoms with Crippen molar-refractivity contribution in [3.8, 4) is 11.1 Å². The highest BCUT2D eigenvalue weighted by Gasteiger charge is 2.18. The maximum Gasteiger partial charge on any atom is 0.352 e. The van der Waals surface area contributed by atoms with Crippen LogP contribution < -0.4 is 0 Å². The molecule has 5 heteroatoms. The van der Waals surface area contributed by atoms with E-state index in [1.54, 1.807) is 26.0 Å². The van der Waals surface area contributed by atoms with Gasteiger partial charge in [0.2, 0.25) is 0 Å². The van der Waals surface area contributed by atoms with E-state index in [1.165, 1.54) is 12.1 Å². The maximum absolute atomic E-state index is 11.1. The zero-order chi connectivity index (χ0) is 14.2. The van der Waals surface area contributed by atoms with E-state index in [1.807, 2.05) is 0 Å². The first-order valence-corrected chi connectivity index (χ1v) is 5.68. The molecule has 2 aromatic rings. The van der Waals surface area contributed by atoms with Crippen LogP contribution in [0.4, 0.5) is 0 Å². The Morgan fingerprint density at radius 2 is 1.79 bits per heavy atom. The molecule has 5 nitrogen and oxygen atoms in total. The first kappa shape index (κ1) is 12.9. The third kappa shape index (κ3) is 2.22. The summed E-state index contributed by atoms with van der Waals surface area (Å²) in [5, 5.41) is 18.1. The predicted octanol–water partition coefficient (Wildman–Crippen LogP) is 2.69. The van der Waals surface area contributed by atoms with Gasteiger partial charge in [-0.1, -0.05) is 12.1 Å². The van der Waals surface area contributed by atoms with Crippen molar-refractivity contribution in [3.05, 3.63) is 46.8 Å². The summed E-state index contributed by atoms with van der Waals surface area (Å²) in [6, 6.07) is 6.45. The number of H-pyrrole nitrogens is 1. The molecule has 0 bridgehead atoms. The van der Waals surface area contributed by atoms with Crippen molar-refractivity contribution >= 4 is 11.9 Å². The van der Waals surface area contributed by atoms with Crippen molar-refractivity contribution in [2.24, 2.45) is 0 Å². The van der Waals surface area contributed by atoms with Gasteiger partial charge in [-0.15, -0.1) is 0 Å². The molecule has 3 N–H and O–H groups in total. The third-order valence-corrected chi connectivity index (χ3v) is 3.05. The average Bonchev–Trinajstić information content (AvgIpc) is 2.65. The van der Waals surface area contributed by atoms with Gasteiger partial charge in [-0.2, -0.15) is 0 Å². The standard InChI is InChI=1S/C14H13NO4/c1-7-11(8(2)15-12(7)14(18)19)9-4-3-5-10(6-9)13(16)17/h3-6,15H,1-2H3,(H,16,17)(H,18,19). The Bertz CT molecular complexity index is 670. The van der Waals surface area contributed by atoms with Gasteiger partial charge in [0, 0.05) is 11.3 Å². The second-order valence-corrected chi connectivity index (χ2v) is 4.32. The van der Waals surface area contributed by atoms with Gasteiger partial charge < -0.3 is 15.2 Å². The fourth-order valence-corrected chi connectivity index (χ4v) is 2.20. The molecule has 1 heterocycles. The number of carboxylic acids is 2. The average molecular weight is 259 g/mol. The summed E-state index contributed by atoms with van der Waals surface area (Å²) in [4.78, 5) is 24.8. The molecular weight excluding hydrogens is 246 g/mol. The van der Waals surface area contributed by atoms with Crippen molar-refractivity contribution in [3.63, 3.8) is 0 Å². The van der Waals surface area contributed by atoms with Crippen molar-refractivity contribution < 1.29 is 19.8 Å². The van der Waals surface area contributed by atoms with E-state index < -0.39 is 11.9 Å². The zero-order valence-corrected chi connectivity index (χ0v) is 10.5. The highest BCUT2D eigenvalue weighted by molar-refractivity contribution is 5.93. The van der Waals surface area contributed by atoms with E-state index in [2.05, 4.69) is 4.98 Å². The summed E-state index contributed by atoms with van der Waals surface area (Å²) < 4.78 is 0. The quantitative estimate of drug-likeness (QED) is 0.790. The van der Waals surface area contributed by atoms with Crippen LogP contribution in [0.15, 0.2) is 24.3 Å². The van der Waals surface area contributed by atoms with E-state index in [0.717, 1.165) is 5.56 Å².